The van der Waals surface area contributed by atoms with E-state index in [0.717, 1.165) is 37.1 Å². The zero-order valence-corrected chi connectivity index (χ0v) is 18.1. The van der Waals surface area contributed by atoms with Crippen LogP contribution in [-0.2, 0) is 9.59 Å². The summed E-state index contributed by atoms with van der Waals surface area (Å²) in [5, 5.41) is 8.05. The molecule has 0 spiro atoms. The van der Waals surface area contributed by atoms with Crippen LogP contribution in [0.3, 0.4) is 0 Å². The van der Waals surface area contributed by atoms with E-state index in [4.69, 9.17) is 16.3 Å². The number of rotatable bonds is 6. The standard InChI is InChI=1S/C22H27ClN4O3/c1-14-13-17(23)5-6-19(14)30-15(2)22(29)26-11-8-18(9-12-26)27-20(7-10-24-27)25-21(28)16-3-4-16/h5-7,10,13,15-16,18H,3-4,8-9,11-12H2,1-2H3,(H,25,28)/t15-/m0/s1. The summed E-state index contributed by atoms with van der Waals surface area (Å²) in [7, 11) is 0. The molecule has 160 valence electrons. The van der Waals surface area contributed by atoms with Crippen molar-refractivity contribution in [1.82, 2.24) is 14.7 Å². The fourth-order valence-electron chi connectivity index (χ4n) is 3.85. The maximum atomic E-state index is 12.9. The normalized spacial score (nSPS) is 18.2. The van der Waals surface area contributed by atoms with Crippen molar-refractivity contribution in [2.24, 2.45) is 5.92 Å². The van der Waals surface area contributed by atoms with Crippen LogP contribution in [0, 0.1) is 12.8 Å². The van der Waals surface area contributed by atoms with Crippen LogP contribution >= 0.6 is 11.6 Å². The van der Waals surface area contributed by atoms with E-state index >= 15 is 0 Å². The molecule has 1 saturated carbocycles. The van der Waals surface area contributed by atoms with Crippen molar-refractivity contribution in [3.8, 4) is 5.75 Å². The molecule has 2 fully saturated rings. The fraction of sp³-hybridized carbons (Fsp3) is 0.500. The van der Waals surface area contributed by atoms with Gasteiger partial charge in [0.2, 0.25) is 5.91 Å². The number of amides is 2. The Labute approximate surface area is 181 Å². The molecule has 1 aromatic heterocycles. The second kappa shape index (κ2) is 8.68. The average molecular weight is 431 g/mol. The predicted molar refractivity (Wildman–Crippen MR) is 115 cm³/mol. The Balaban J connectivity index is 1.32. The monoisotopic (exact) mass is 430 g/mol. The van der Waals surface area contributed by atoms with Gasteiger partial charge in [-0.2, -0.15) is 5.10 Å². The highest BCUT2D eigenvalue weighted by atomic mass is 35.5. The summed E-state index contributed by atoms with van der Waals surface area (Å²) in [5.41, 5.74) is 0.903. The Morgan fingerprint density at radius 1 is 1.20 bits per heavy atom. The maximum absolute atomic E-state index is 12.9. The predicted octanol–water partition coefficient (Wildman–Crippen LogP) is 3.82. The Morgan fingerprint density at radius 2 is 1.93 bits per heavy atom. The highest BCUT2D eigenvalue weighted by Crippen LogP contribution is 2.31. The summed E-state index contributed by atoms with van der Waals surface area (Å²) in [6.07, 6.45) is 4.65. The van der Waals surface area contributed by atoms with E-state index in [0.29, 0.717) is 23.9 Å². The molecule has 1 aliphatic heterocycles. The van der Waals surface area contributed by atoms with Gasteiger partial charge in [0.1, 0.15) is 11.6 Å². The third-order valence-corrected chi connectivity index (χ3v) is 6.02. The molecule has 0 unspecified atom stereocenters. The zero-order valence-electron chi connectivity index (χ0n) is 17.3. The summed E-state index contributed by atoms with van der Waals surface area (Å²) in [5.74, 6) is 1.62. The number of hydrogen-bond donors (Lipinski definition) is 1. The largest absolute Gasteiger partial charge is 0.481 e. The van der Waals surface area contributed by atoms with Crippen LogP contribution in [0.25, 0.3) is 0 Å². The number of hydrogen-bond acceptors (Lipinski definition) is 4. The molecule has 2 aliphatic rings. The molecule has 4 rings (SSSR count). The number of likely N-dealkylation sites (tertiary alicyclic amines) is 1. The summed E-state index contributed by atoms with van der Waals surface area (Å²) in [4.78, 5) is 26.8. The molecule has 1 atom stereocenters. The number of nitrogens with one attached hydrogen (secondary N) is 1. The van der Waals surface area contributed by atoms with Gasteiger partial charge in [0.05, 0.1) is 12.2 Å². The minimum atomic E-state index is -0.570. The van der Waals surface area contributed by atoms with E-state index in [1.54, 1.807) is 25.3 Å². The van der Waals surface area contributed by atoms with Gasteiger partial charge >= 0.3 is 0 Å². The molecule has 2 amide bonds. The van der Waals surface area contributed by atoms with Crippen LogP contribution in [0.15, 0.2) is 30.5 Å². The molecule has 1 aromatic carbocycles. The zero-order chi connectivity index (χ0) is 21.3. The van der Waals surface area contributed by atoms with Crippen LogP contribution in [0.4, 0.5) is 5.82 Å². The summed E-state index contributed by atoms with van der Waals surface area (Å²) < 4.78 is 7.78. The molecule has 2 heterocycles. The van der Waals surface area contributed by atoms with Gasteiger partial charge in [0.15, 0.2) is 6.10 Å². The molecule has 7 nitrogen and oxygen atoms in total. The van der Waals surface area contributed by atoms with Crippen LogP contribution in [0.1, 0.15) is 44.2 Å². The van der Waals surface area contributed by atoms with Gasteiger partial charge in [0.25, 0.3) is 5.91 Å². The first-order chi connectivity index (χ1) is 14.4. The van der Waals surface area contributed by atoms with Gasteiger partial charge in [0, 0.05) is 30.1 Å². The second-order valence-corrected chi connectivity index (χ2v) is 8.59. The summed E-state index contributed by atoms with van der Waals surface area (Å²) >= 11 is 5.99. The van der Waals surface area contributed by atoms with E-state index in [2.05, 4.69) is 10.4 Å². The third kappa shape index (κ3) is 4.61. The van der Waals surface area contributed by atoms with Crippen molar-refractivity contribution < 1.29 is 14.3 Å². The van der Waals surface area contributed by atoms with Gasteiger partial charge in [-0.15, -0.1) is 0 Å². The molecule has 1 aliphatic carbocycles. The maximum Gasteiger partial charge on any atom is 0.263 e. The van der Waals surface area contributed by atoms with Gasteiger partial charge in [-0.05, 0) is 63.3 Å². The Kier molecular flexibility index (Phi) is 5.99. The molecule has 8 heteroatoms. The number of halogens is 1. The molecule has 2 aromatic rings. The smallest absolute Gasteiger partial charge is 0.263 e. The Bertz CT molecular complexity index is 932. The van der Waals surface area contributed by atoms with Crippen LogP contribution < -0.4 is 10.1 Å². The van der Waals surface area contributed by atoms with Crippen LogP contribution in [0.2, 0.25) is 5.02 Å². The first kappa shape index (κ1) is 20.7. The lowest BCUT2D eigenvalue weighted by molar-refractivity contribution is -0.139. The summed E-state index contributed by atoms with van der Waals surface area (Å²) in [6, 6.07) is 7.37. The van der Waals surface area contributed by atoms with E-state index in [1.807, 2.05) is 28.6 Å². The number of aryl methyl sites for hydroxylation is 1. The Morgan fingerprint density at radius 3 is 2.60 bits per heavy atom. The molecule has 1 saturated heterocycles. The van der Waals surface area contributed by atoms with Crippen LogP contribution in [0.5, 0.6) is 5.75 Å². The van der Waals surface area contributed by atoms with Crippen molar-refractivity contribution in [3.63, 3.8) is 0 Å². The van der Waals surface area contributed by atoms with Crippen LogP contribution in [-0.4, -0.2) is 45.7 Å². The van der Waals surface area contributed by atoms with Crippen molar-refractivity contribution in [2.45, 2.75) is 51.7 Å². The lowest BCUT2D eigenvalue weighted by Gasteiger charge is -2.34. The van der Waals surface area contributed by atoms with E-state index in [9.17, 15) is 9.59 Å². The van der Waals surface area contributed by atoms with Gasteiger partial charge < -0.3 is 15.0 Å². The molecule has 0 bridgehead atoms. The molecule has 30 heavy (non-hydrogen) atoms. The highest BCUT2D eigenvalue weighted by molar-refractivity contribution is 6.30. The second-order valence-electron chi connectivity index (χ2n) is 8.15. The van der Waals surface area contributed by atoms with E-state index < -0.39 is 6.10 Å². The number of carbonyl (C=O) groups excluding carboxylic acids is 2. The first-order valence-electron chi connectivity index (χ1n) is 10.5. The number of aromatic nitrogens is 2. The first-order valence-corrected chi connectivity index (χ1v) is 10.9. The van der Waals surface area contributed by atoms with Crippen molar-refractivity contribution in [2.75, 3.05) is 18.4 Å². The molecular weight excluding hydrogens is 404 g/mol. The minimum Gasteiger partial charge on any atom is -0.481 e. The average Bonchev–Trinajstić information content (AvgIpc) is 3.49. The van der Waals surface area contributed by atoms with Crippen molar-refractivity contribution in [3.05, 3.63) is 41.0 Å². The van der Waals surface area contributed by atoms with E-state index in [-0.39, 0.29) is 23.8 Å². The lowest BCUT2D eigenvalue weighted by atomic mass is 10.0. The highest BCUT2D eigenvalue weighted by Gasteiger charge is 2.32. The number of ether oxygens (including phenoxy) is 1. The minimum absolute atomic E-state index is 0.0227. The number of benzene rings is 1. The number of nitrogens with zero attached hydrogens (tertiary/aromatic N) is 3. The van der Waals surface area contributed by atoms with E-state index in [1.165, 1.54) is 0 Å². The molecular formula is C22H27ClN4O3. The number of anilines is 1. The SMILES string of the molecule is Cc1cc(Cl)ccc1O[C@@H](C)C(=O)N1CCC(n2nccc2NC(=O)C2CC2)CC1. The van der Waals surface area contributed by atoms with Crippen molar-refractivity contribution in [1.29, 1.82) is 0 Å². The number of piperidine rings is 1. The lowest BCUT2D eigenvalue weighted by Crippen LogP contribution is -2.45. The Hall–Kier alpha value is -2.54. The van der Waals surface area contributed by atoms with Gasteiger partial charge in [-0.3, -0.25) is 9.59 Å². The third-order valence-electron chi connectivity index (χ3n) is 5.78. The van der Waals surface area contributed by atoms with Gasteiger partial charge in [-0.25, -0.2) is 4.68 Å². The number of carbonyl (C=O) groups is 2. The topological polar surface area (TPSA) is 76.5 Å². The fourth-order valence-corrected chi connectivity index (χ4v) is 4.08. The molecule has 1 N–H and O–H groups in total. The van der Waals surface area contributed by atoms with Gasteiger partial charge in [-0.1, -0.05) is 11.6 Å². The summed E-state index contributed by atoms with van der Waals surface area (Å²) in [6.45, 7) is 4.95. The molecule has 0 radical (unpaired) electrons. The quantitative estimate of drug-likeness (QED) is 0.755. The van der Waals surface area contributed by atoms with Crippen molar-refractivity contribution >= 4 is 29.2 Å².